The van der Waals surface area contributed by atoms with Gasteiger partial charge in [0.25, 0.3) is 5.69 Å². The molecular formula is C20H25N3O5S2. The van der Waals surface area contributed by atoms with Crippen LogP contribution in [0.1, 0.15) is 26.3 Å². The maximum atomic E-state index is 12.8. The molecule has 0 aliphatic rings. The molecule has 0 spiro atoms. The lowest BCUT2D eigenvalue weighted by atomic mass is 10.2. The van der Waals surface area contributed by atoms with Crippen molar-refractivity contribution >= 4 is 39.1 Å². The van der Waals surface area contributed by atoms with E-state index in [-0.39, 0.29) is 16.5 Å². The molecule has 0 heterocycles. The molecule has 0 radical (unpaired) electrons. The standard InChI is InChI=1S/C20H25N3O5S2/c1-5-22(6-2)30(27,28)18-12-7-14(3)19(13-18)21-20(24)15(4)29-17-10-8-16(9-11-17)23(25)26/h7-13,15H,5-6H2,1-4H3,(H,21,24). The molecular weight excluding hydrogens is 426 g/mol. The van der Waals surface area contributed by atoms with Crippen LogP contribution in [0.25, 0.3) is 0 Å². The van der Waals surface area contributed by atoms with Gasteiger partial charge in [-0.15, -0.1) is 11.8 Å². The minimum atomic E-state index is -3.63. The third kappa shape index (κ3) is 5.59. The van der Waals surface area contributed by atoms with Crippen molar-refractivity contribution < 1.29 is 18.1 Å². The summed E-state index contributed by atoms with van der Waals surface area (Å²) in [4.78, 5) is 23.8. The number of nitro benzene ring substituents is 1. The Morgan fingerprint density at radius 2 is 1.77 bits per heavy atom. The van der Waals surface area contributed by atoms with Crippen LogP contribution in [0.2, 0.25) is 0 Å². The van der Waals surface area contributed by atoms with Gasteiger partial charge in [-0.3, -0.25) is 14.9 Å². The molecule has 2 aromatic carbocycles. The maximum absolute atomic E-state index is 12.8. The number of nitrogens with zero attached hydrogens (tertiary/aromatic N) is 2. The fourth-order valence-electron chi connectivity index (χ4n) is 2.75. The number of thioether (sulfide) groups is 1. The molecule has 0 saturated carbocycles. The highest BCUT2D eigenvalue weighted by molar-refractivity contribution is 8.00. The molecule has 0 aliphatic carbocycles. The summed E-state index contributed by atoms with van der Waals surface area (Å²) in [6.45, 7) is 7.77. The highest BCUT2D eigenvalue weighted by Gasteiger charge is 2.23. The molecule has 30 heavy (non-hydrogen) atoms. The van der Waals surface area contributed by atoms with Gasteiger partial charge < -0.3 is 5.32 Å². The van der Waals surface area contributed by atoms with E-state index in [0.717, 1.165) is 10.5 Å². The Balaban J connectivity index is 2.16. The number of carbonyl (C=O) groups is 1. The van der Waals surface area contributed by atoms with E-state index in [9.17, 15) is 23.3 Å². The lowest BCUT2D eigenvalue weighted by molar-refractivity contribution is -0.384. The van der Waals surface area contributed by atoms with E-state index >= 15 is 0 Å². The Morgan fingerprint density at radius 3 is 2.30 bits per heavy atom. The Morgan fingerprint density at radius 1 is 1.17 bits per heavy atom. The summed E-state index contributed by atoms with van der Waals surface area (Å²) < 4.78 is 26.9. The van der Waals surface area contributed by atoms with Crippen LogP contribution in [0.3, 0.4) is 0 Å². The van der Waals surface area contributed by atoms with Crippen molar-refractivity contribution in [3.05, 3.63) is 58.1 Å². The summed E-state index contributed by atoms with van der Waals surface area (Å²) in [5.41, 5.74) is 1.16. The molecule has 0 bridgehead atoms. The fourth-order valence-corrected chi connectivity index (χ4v) is 5.10. The number of nitrogens with one attached hydrogen (secondary N) is 1. The average molecular weight is 452 g/mol. The van der Waals surface area contributed by atoms with E-state index in [2.05, 4.69) is 5.32 Å². The SMILES string of the molecule is CCN(CC)S(=O)(=O)c1ccc(C)c(NC(=O)C(C)Sc2ccc([N+](=O)[O-])cc2)c1. The first-order valence-corrected chi connectivity index (χ1v) is 11.7. The first-order chi connectivity index (χ1) is 14.1. The zero-order valence-electron chi connectivity index (χ0n) is 17.3. The number of rotatable bonds is 9. The second kappa shape index (κ2) is 10.1. The molecule has 1 atom stereocenters. The van der Waals surface area contributed by atoms with Gasteiger partial charge >= 0.3 is 0 Å². The smallest absolute Gasteiger partial charge is 0.269 e. The fraction of sp³-hybridized carbons (Fsp3) is 0.350. The van der Waals surface area contributed by atoms with Gasteiger partial charge in [0.1, 0.15) is 0 Å². The van der Waals surface area contributed by atoms with Gasteiger partial charge in [0.15, 0.2) is 0 Å². The second-order valence-electron chi connectivity index (χ2n) is 6.57. The predicted molar refractivity (Wildman–Crippen MR) is 118 cm³/mol. The Hall–Kier alpha value is -2.43. The number of sulfonamides is 1. The Kier molecular flexibility index (Phi) is 7.99. The van der Waals surface area contributed by atoms with Crippen LogP contribution >= 0.6 is 11.8 Å². The molecule has 8 nitrogen and oxygen atoms in total. The molecule has 1 amide bonds. The van der Waals surface area contributed by atoms with Gasteiger partial charge in [-0.25, -0.2) is 8.42 Å². The van der Waals surface area contributed by atoms with Crippen LogP contribution in [0, 0.1) is 17.0 Å². The lowest BCUT2D eigenvalue weighted by Gasteiger charge is -2.20. The van der Waals surface area contributed by atoms with Crippen LogP contribution in [0.4, 0.5) is 11.4 Å². The van der Waals surface area contributed by atoms with Gasteiger partial charge in [-0.05, 0) is 43.7 Å². The molecule has 0 aromatic heterocycles. The predicted octanol–water partition coefficient (Wildman–Crippen LogP) is 4.05. The normalized spacial score (nSPS) is 12.6. The number of benzene rings is 2. The molecule has 2 rings (SSSR count). The number of hydrogen-bond acceptors (Lipinski definition) is 6. The van der Waals surface area contributed by atoms with Gasteiger partial charge in [0, 0.05) is 35.8 Å². The van der Waals surface area contributed by atoms with Gasteiger partial charge in [-0.2, -0.15) is 4.31 Å². The summed E-state index contributed by atoms with van der Waals surface area (Å²) >= 11 is 1.26. The summed E-state index contributed by atoms with van der Waals surface area (Å²) in [6.07, 6.45) is 0. The molecule has 0 fully saturated rings. The van der Waals surface area contributed by atoms with Crippen LogP contribution < -0.4 is 5.32 Å². The van der Waals surface area contributed by atoms with Crippen LogP contribution in [-0.2, 0) is 14.8 Å². The molecule has 2 aromatic rings. The quantitative estimate of drug-likeness (QED) is 0.350. The summed E-state index contributed by atoms with van der Waals surface area (Å²) in [7, 11) is -3.63. The number of nitro groups is 1. The highest BCUT2D eigenvalue weighted by atomic mass is 32.2. The third-order valence-electron chi connectivity index (χ3n) is 4.54. The Bertz CT molecular complexity index is 1020. The summed E-state index contributed by atoms with van der Waals surface area (Å²) in [5, 5.41) is 13.0. The number of non-ortho nitro benzene ring substituents is 1. The number of hydrogen-bond donors (Lipinski definition) is 1. The highest BCUT2D eigenvalue weighted by Crippen LogP contribution is 2.28. The van der Waals surface area contributed by atoms with Crippen LogP contribution in [0.5, 0.6) is 0 Å². The number of carbonyl (C=O) groups excluding carboxylic acids is 1. The molecule has 1 N–H and O–H groups in total. The Labute approximate surface area is 180 Å². The van der Waals surface area contributed by atoms with Crippen molar-refractivity contribution in [3.63, 3.8) is 0 Å². The van der Waals surface area contributed by atoms with E-state index in [1.54, 1.807) is 45.9 Å². The van der Waals surface area contributed by atoms with Crippen molar-refractivity contribution in [1.29, 1.82) is 0 Å². The van der Waals surface area contributed by atoms with Gasteiger partial charge in [0.05, 0.1) is 15.1 Å². The van der Waals surface area contributed by atoms with Gasteiger partial charge in [-0.1, -0.05) is 19.9 Å². The zero-order chi connectivity index (χ0) is 22.5. The minimum absolute atomic E-state index is 0.0155. The molecule has 0 aliphatic heterocycles. The zero-order valence-corrected chi connectivity index (χ0v) is 18.9. The number of anilines is 1. The topological polar surface area (TPSA) is 110 Å². The first kappa shape index (κ1) is 23.8. The molecule has 0 saturated heterocycles. The largest absolute Gasteiger partial charge is 0.325 e. The monoisotopic (exact) mass is 451 g/mol. The van der Waals surface area contributed by atoms with Crippen molar-refractivity contribution in [1.82, 2.24) is 4.31 Å². The van der Waals surface area contributed by atoms with Crippen LogP contribution in [0.15, 0.2) is 52.3 Å². The van der Waals surface area contributed by atoms with Crippen molar-refractivity contribution in [2.24, 2.45) is 0 Å². The van der Waals surface area contributed by atoms with Crippen molar-refractivity contribution in [3.8, 4) is 0 Å². The van der Waals surface area contributed by atoms with Crippen molar-refractivity contribution in [2.75, 3.05) is 18.4 Å². The molecule has 10 heteroatoms. The van der Waals surface area contributed by atoms with E-state index < -0.39 is 20.2 Å². The van der Waals surface area contributed by atoms with E-state index in [4.69, 9.17) is 0 Å². The van der Waals surface area contributed by atoms with E-state index in [0.29, 0.717) is 18.8 Å². The van der Waals surface area contributed by atoms with Gasteiger partial charge in [0.2, 0.25) is 15.9 Å². The molecule has 162 valence electrons. The summed E-state index contributed by atoms with van der Waals surface area (Å²) in [6, 6.07) is 10.6. The number of amides is 1. The van der Waals surface area contributed by atoms with E-state index in [1.807, 2.05) is 0 Å². The average Bonchev–Trinajstić information content (AvgIpc) is 2.70. The summed E-state index contributed by atoms with van der Waals surface area (Å²) in [5.74, 6) is -0.293. The lowest BCUT2D eigenvalue weighted by Crippen LogP contribution is -2.30. The maximum Gasteiger partial charge on any atom is 0.269 e. The van der Waals surface area contributed by atoms with Crippen LogP contribution in [-0.4, -0.2) is 41.9 Å². The number of aryl methyl sites for hydroxylation is 1. The molecule has 1 unspecified atom stereocenters. The van der Waals surface area contributed by atoms with Crippen molar-refractivity contribution in [2.45, 2.75) is 42.7 Å². The van der Waals surface area contributed by atoms with E-state index in [1.165, 1.54) is 40.3 Å². The third-order valence-corrected chi connectivity index (χ3v) is 7.70. The second-order valence-corrected chi connectivity index (χ2v) is 9.92. The minimum Gasteiger partial charge on any atom is -0.325 e. The first-order valence-electron chi connectivity index (χ1n) is 9.42.